The van der Waals surface area contributed by atoms with Crippen LogP contribution < -0.4 is 5.32 Å². The molecule has 3 rings (SSSR count). The monoisotopic (exact) mass is 310 g/mol. The van der Waals surface area contributed by atoms with Crippen LogP contribution in [-0.4, -0.2) is 18.0 Å². The first-order valence-corrected chi connectivity index (χ1v) is 6.90. The maximum atomic E-state index is 11.6. The summed E-state index contributed by atoms with van der Waals surface area (Å²) in [4.78, 5) is 13.2. The quantitative estimate of drug-likeness (QED) is 0.843. The van der Waals surface area contributed by atoms with Crippen molar-refractivity contribution in [3.8, 4) is 0 Å². The molecule has 0 bridgehead atoms. The molecule has 2 amide bonds. The molecule has 0 aliphatic carbocycles. The highest BCUT2D eigenvalue weighted by atomic mass is 35.5. The Bertz CT molecular complexity index is 669. The highest BCUT2D eigenvalue weighted by Gasteiger charge is 2.22. The largest absolute Gasteiger partial charge is 0.448 e. The molecule has 1 aromatic carbocycles. The fourth-order valence-corrected chi connectivity index (χ4v) is 2.60. The molecule has 6 heteroatoms. The number of benzene rings is 1. The van der Waals surface area contributed by atoms with Crippen LogP contribution in [-0.2, 0) is 6.54 Å². The molecule has 1 unspecified atom stereocenters. The Kier molecular flexibility index (Phi) is 3.36. The number of fused-ring (bicyclic) bond motifs is 1. The van der Waals surface area contributed by atoms with Gasteiger partial charge in [0.2, 0.25) is 0 Å². The van der Waals surface area contributed by atoms with Gasteiger partial charge in [0.1, 0.15) is 11.1 Å². The van der Waals surface area contributed by atoms with Crippen LogP contribution in [0.3, 0.4) is 0 Å². The number of furan rings is 1. The van der Waals surface area contributed by atoms with E-state index < -0.39 is 5.38 Å². The van der Waals surface area contributed by atoms with Crippen molar-refractivity contribution >= 4 is 34.9 Å². The van der Waals surface area contributed by atoms with Crippen molar-refractivity contribution in [1.82, 2.24) is 4.90 Å². The lowest BCUT2D eigenvalue weighted by Crippen LogP contribution is -2.35. The minimum absolute atomic E-state index is 0.106. The predicted molar refractivity (Wildman–Crippen MR) is 78.3 cm³/mol. The highest BCUT2D eigenvalue weighted by Crippen LogP contribution is 2.34. The van der Waals surface area contributed by atoms with Crippen molar-refractivity contribution < 1.29 is 9.21 Å². The molecular weight excluding hydrogens is 299 g/mol. The standard InChI is InChI=1S/C14H12Cl2N2O2/c1-18-7-9-6-8(2-3-10(9)17-14(18)19)13(16)11-4-5-12(15)20-11/h2-6,13H,7H2,1H3,(H,17,19). The average molecular weight is 311 g/mol. The Balaban J connectivity index is 1.92. The lowest BCUT2D eigenvalue weighted by Gasteiger charge is -2.26. The van der Waals surface area contributed by atoms with E-state index in [-0.39, 0.29) is 6.03 Å². The summed E-state index contributed by atoms with van der Waals surface area (Å²) in [6.07, 6.45) is 0. The van der Waals surface area contributed by atoms with Crippen LogP contribution in [0.25, 0.3) is 0 Å². The van der Waals surface area contributed by atoms with E-state index in [1.807, 2.05) is 18.2 Å². The Morgan fingerprint density at radius 2 is 2.15 bits per heavy atom. The minimum atomic E-state index is -0.407. The second-order valence-corrected chi connectivity index (χ2v) is 5.52. The van der Waals surface area contributed by atoms with E-state index in [4.69, 9.17) is 27.6 Å². The average Bonchev–Trinajstić information content (AvgIpc) is 2.85. The van der Waals surface area contributed by atoms with E-state index in [1.54, 1.807) is 24.1 Å². The molecule has 1 aromatic heterocycles. The van der Waals surface area contributed by atoms with Gasteiger partial charge in [-0.15, -0.1) is 11.6 Å². The zero-order chi connectivity index (χ0) is 14.3. The first-order valence-electron chi connectivity index (χ1n) is 6.09. The van der Waals surface area contributed by atoms with E-state index in [0.717, 1.165) is 16.8 Å². The number of amides is 2. The molecule has 1 atom stereocenters. The fraction of sp³-hybridized carbons (Fsp3) is 0.214. The summed E-state index contributed by atoms with van der Waals surface area (Å²) in [6, 6.07) is 9.02. The molecule has 0 fully saturated rings. The Hall–Kier alpha value is -1.65. The first kappa shape index (κ1) is 13.3. The second kappa shape index (κ2) is 5.04. The minimum Gasteiger partial charge on any atom is -0.448 e. The van der Waals surface area contributed by atoms with Gasteiger partial charge in [-0.05, 0) is 47.0 Å². The van der Waals surface area contributed by atoms with Crippen molar-refractivity contribution in [2.24, 2.45) is 0 Å². The Morgan fingerprint density at radius 1 is 1.35 bits per heavy atom. The van der Waals surface area contributed by atoms with Crippen LogP contribution in [0, 0.1) is 0 Å². The van der Waals surface area contributed by atoms with Crippen LogP contribution >= 0.6 is 23.2 Å². The van der Waals surface area contributed by atoms with Crippen molar-refractivity contribution in [2.75, 3.05) is 12.4 Å². The summed E-state index contributed by atoms with van der Waals surface area (Å²) in [5.74, 6) is 0.602. The molecule has 0 spiro atoms. The third kappa shape index (κ3) is 2.37. The third-order valence-corrected chi connectivity index (χ3v) is 3.93. The number of carbonyl (C=O) groups is 1. The summed E-state index contributed by atoms with van der Waals surface area (Å²) in [5.41, 5.74) is 2.74. The Morgan fingerprint density at radius 3 is 2.85 bits per heavy atom. The lowest BCUT2D eigenvalue weighted by atomic mass is 10.0. The fourth-order valence-electron chi connectivity index (χ4n) is 2.19. The molecule has 0 saturated carbocycles. The zero-order valence-corrected chi connectivity index (χ0v) is 12.2. The smallest absolute Gasteiger partial charge is 0.321 e. The number of rotatable bonds is 2. The predicted octanol–water partition coefficient (Wildman–Crippen LogP) is 4.24. The molecule has 1 aliphatic heterocycles. The van der Waals surface area contributed by atoms with Gasteiger partial charge in [0.05, 0.1) is 0 Å². The number of alkyl halides is 1. The number of urea groups is 1. The lowest BCUT2D eigenvalue weighted by molar-refractivity contribution is 0.218. The third-order valence-electron chi connectivity index (χ3n) is 3.26. The highest BCUT2D eigenvalue weighted by molar-refractivity contribution is 6.29. The van der Waals surface area contributed by atoms with Gasteiger partial charge in [-0.3, -0.25) is 0 Å². The summed E-state index contributed by atoms with van der Waals surface area (Å²) in [7, 11) is 1.75. The number of halogens is 2. The molecule has 1 N–H and O–H groups in total. The number of hydrogen-bond acceptors (Lipinski definition) is 2. The van der Waals surface area contributed by atoms with Gasteiger partial charge in [-0.1, -0.05) is 6.07 Å². The van der Waals surface area contributed by atoms with Crippen molar-refractivity contribution in [1.29, 1.82) is 0 Å². The normalized spacial score (nSPS) is 15.8. The Labute approximate surface area is 126 Å². The van der Waals surface area contributed by atoms with Gasteiger partial charge < -0.3 is 14.6 Å². The van der Waals surface area contributed by atoms with E-state index in [9.17, 15) is 4.79 Å². The second-order valence-electron chi connectivity index (χ2n) is 4.71. The topological polar surface area (TPSA) is 45.5 Å². The number of anilines is 1. The molecule has 0 radical (unpaired) electrons. The van der Waals surface area contributed by atoms with E-state index >= 15 is 0 Å². The maximum absolute atomic E-state index is 11.6. The van der Waals surface area contributed by atoms with Crippen molar-refractivity contribution in [3.05, 3.63) is 52.4 Å². The number of nitrogens with zero attached hydrogens (tertiary/aromatic N) is 1. The zero-order valence-electron chi connectivity index (χ0n) is 10.7. The van der Waals surface area contributed by atoms with Gasteiger partial charge in [0, 0.05) is 19.3 Å². The number of nitrogens with one attached hydrogen (secondary N) is 1. The molecular formula is C14H12Cl2N2O2. The summed E-state index contributed by atoms with van der Waals surface area (Å²) >= 11 is 12.2. The van der Waals surface area contributed by atoms with Gasteiger partial charge in [-0.25, -0.2) is 4.79 Å². The number of carbonyl (C=O) groups excluding carboxylic acids is 1. The molecule has 4 nitrogen and oxygen atoms in total. The van der Waals surface area contributed by atoms with Gasteiger partial charge in [0.25, 0.3) is 0 Å². The summed E-state index contributed by atoms with van der Waals surface area (Å²) < 4.78 is 5.34. The van der Waals surface area contributed by atoms with Crippen LogP contribution in [0.15, 0.2) is 34.7 Å². The van der Waals surface area contributed by atoms with Crippen LogP contribution in [0.5, 0.6) is 0 Å². The molecule has 0 saturated heterocycles. The van der Waals surface area contributed by atoms with Gasteiger partial charge in [-0.2, -0.15) is 0 Å². The molecule has 1 aliphatic rings. The van der Waals surface area contributed by atoms with Crippen molar-refractivity contribution in [2.45, 2.75) is 11.9 Å². The van der Waals surface area contributed by atoms with Crippen LogP contribution in [0.4, 0.5) is 10.5 Å². The van der Waals surface area contributed by atoms with Crippen LogP contribution in [0.1, 0.15) is 22.3 Å². The SMILES string of the molecule is CN1Cc2cc(C(Cl)c3ccc(Cl)o3)ccc2NC1=O. The van der Waals surface area contributed by atoms with E-state index in [0.29, 0.717) is 17.5 Å². The molecule has 20 heavy (non-hydrogen) atoms. The van der Waals surface area contributed by atoms with Crippen LogP contribution in [0.2, 0.25) is 5.22 Å². The summed E-state index contributed by atoms with van der Waals surface area (Å²) in [5, 5.41) is 2.73. The molecule has 104 valence electrons. The van der Waals surface area contributed by atoms with Gasteiger partial charge >= 0.3 is 6.03 Å². The molecule has 2 aromatic rings. The maximum Gasteiger partial charge on any atom is 0.321 e. The molecule has 2 heterocycles. The van der Waals surface area contributed by atoms with E-state index in [2.05, 4.69) is 5.32 Å². The summed E-state index contributed by atoms with van der Waals surface area (Å²) in [6.45, 7) is 0.553. The first-order chi connectivity index (χ1) is 9.54. The number of hydrogen-bond donors (Lipinski definition) is 1. The van der Waals surface area contributed by atoms with Crippen molar-refractivity contribution in [3.63, 3.8) is 0 Å². The van der Waals surface area contributed by atoms with Gasteiger partial charge in [0.15, 0.2) is 5.22 Å². The van der Waals surface area contributed by atoms with E-state index in [1.165, 1.54) is 0 Å².